The number of halogens is 1. The van der Waals surface area contributed by atoms with Crippen molar-refractivity contribution in [2.45, 2.75) is 108 Å². The Morgan fingerprint density at radius 3 is 2.57 bits per heavy atom. The standard InChI is InChI=1S/C39H53ClN8O9S/c1-22(2)56-32-19-31(25-13-14-27(40)34(55-5)33(25)46-32)57-24-18-30(35(42)49)48(21-24)38(52)29(45-37(51)28(41)20-44-43-4)12-10-8-6-7-9-11-23-17-26(23)36(50)47-58(53,54)39(3)15-16-39/h9,11,13-14,19,22-24,26,29-30,41H,6-8,10,12,15-18,20-21H2,1-5H3,(H2,42,49)(H,45,51)(H,47,50). The summed E-state index contributed by atoms with van der Waals surface area (Å²) < 4.78 is 44.1. The van der Waals surface area contributed by atoms with E-state index in [9.17, 15) is 27.6 Å². The number of allylic oxidation sites excluding steroid dienone is 2. The average Bonchev–Trinajstić information content (AvgIpc) is 4.08. The van der Waals surface area contributed by atoms with Gasteiger partial charge in [0.25, 0.3) is 5.91 Å². The van der Waals surface area contributed by atoms with Gasteiger partial charge in [0.15, 0.2) is 5.75 Å². The van der Waals surface area contributed by atoms with E-state index < -0.39 is 56.6 Å². The van der Waals surface area contributed by atoms with Crippen LogP contribution in [0.4, 0.5) is 0 Å². The first kappa shape index (κ1) is 44.3. The fourth-order valence-electron chi connectivity index (χ4n) is 6.84. The number of carbonyl (C=O) groups is 4. The summed E-state index contributed by atoms with van der Waals surface area (Å²) in [5, 5.41) is 19.0. The molecule has 2 heterocycles. The van der Waals surface area contributed by atoms with Gasteiger partial charge in [-0.15, -0.1) is 0 Å². The topological polar surface area (TPSA) is 245 Å². The highest BCUT2D eigenvalue weighted by molar-refractivity contribution is 7.91. The van der Waals surface area contributed by atoms with Gasteiger partial charge in [-0.3, -0.25) is 29.3 Å². The molecule has 2 saturated carbocycles. The lowest BCUT2D eigenvalue weighted by Crippen LogP contribution is -2.54. The van der Waals surface area contributed by atoms with Crippen LogP contribution in [-0.2, 0) is 29.2 Å². The van der Waals surface area contributed by atoms with Crippen LogP contribution in [0.2, 0.25) is 5.02 Å². The number of methoxy groups -OCH3 is 1. The number of sulfonamides is 1. The number of nitrogens with two attached hydrogens (primary N) is 1. The number of carbonyl (C=O) groups excluding carboxylic acids is 4. The number of azo groups is 1. The second kappa shape index (κ2) is 18.8. The van der Waals surface area contributed by atoms with Crippen molar-refractivity contribution < 1.29 is 41.8 Å². The van der Waals surface area contributed by atoms with Crippen molar-refractivity contribution >= 4 is 61.9 Å². The number of nitrogens with one attached hydrogen (secondary N) is 3. The number of unbranched alkanes of at least 4 members (excludes halogenated alkanes) is 3. The zero-order chi connectivity index (χ0) is 42.4. The first-order chi connectivity index (χ1) is 27.5. The summed E-state index contributed by atoms with van der Waals surface area (Å²) in [7, 11) is -0.772. The molecule has 19 heteroatoms. The van der Waals surface area contributed by atoms with Gasteiger partial charge in [0.1, 0.15) is 41.7 Å². The summed E-state index contributed by atoms with van der Waals surface area (Å²) in [6.45, 7) is 5.05. The van der Waals surface area contributed by atoms with Crippen molar-refractivity contribution in [2.75, 3.05) is 27.2 Å². The number of hydrogen-bond donors (Lipinski definition) is 4. The number of fused-ring (bicyclic) bond motifs is 1. The minimum Gasteiger partial charge on any atom is -0.493 e. The SMILES string of the molecule is CN=NCC(=N)C(=O)NC(CCCCCC=CC1CC1C(=O)NS(=O)(=O)C1(C)CC1)C(=O)N1CC(Oc2cc(OC(C)C)nc3c(OC)c(Cl)ccc23)CC1C(N)=O. The van der Waals surface area contributed by atoms with Crippen LogP contribution in [-0.4, -0.2) is 104 Å². The monoisotopic (exact) mass is 844 g/mol. The van der Waals surface area contributed by atoms with E-state index in [-0.39, 0.29) is 55.5 Å². The second-order valence-corrected chi connectivity index (χ2v) is 18.1. The lowest BCUT2D eigenvalue weighted by atomic mass is 10.0. The van der Waals surface area contributed by atoms with E-state index in [1.807, 2.05) is 26.0 Å². The van der Waals surface area contributed by atoms with E-state index >= 15 is 0 Å². The Kier molecular flexibility index (Phi) is 14.4. The molecule has 5 atom stereocenters. The molecule has 0 bridgehead atoms. The molecular weight excluding hydrogens is 792 g/mol. The molecule has 0 spiro atoms. The minimum atomic E-state index is -3.66. The third kappa shape index (κ3) is 10.8. The van der Waals surface area contributed by atoms with Crippen LogP contribution in [0.1, 0.15) is 78.6 Å². The van der Waals surface area contributed by atoms with E-state index in [4.69, 9.17) is 37.0 Å². The molecule has 1 aliphatic heterocycles. The number of ether oxygens (including phenoxy) is 3. The first-order valence-corrected chi connectivity index (χ1v) is 21.3. The molecule has 58 heavy (non-hydrogen) atoms. The van der Waals surface area contributed by atoms with Gasteiger partial charge >= 0.3 is 0 Å². The highest BCUT2D eigenvalue weighted by Crippen LogP contribution is 2.44. The third-order valence-corrected chi connectivity index (χ3v) is 13.0. The Bertz CT molecular complexity index is 2070. The Morgan fingerprint density at radius 1 is 1.17 bits per heavy atom. The van der Waals surface area contributed by atoms with Crippen molar-refractivity contribution in [3.05, 3.63) is 35.4 Å². The van der Waals surface area contributed by atoms with E-state index in [0.717, 1.165) is 6.42 Å². The maximum atomic E-state index is 14.2. The van der Waals surface area contributed by atoms with Crippen molar-refractivity contribution in [3.8, 4) is 17.4 Å². The molecule has 5 unspecified atom stereocenters. The zero-order valence-corrected chi connectivity index (χ0v) is 35.0. The molecule has 5 N–H and O–H groups in total. The number of primary amides is 1. The largest absolute Gasteiger partial charge is 0.493 e. The van der Waals surface area contributed by atoms with Gasteiger partial charge in [0.2, 0.25) is 33.6 Å². The van der Waals surface area contributed by atoms with Gasteiger partial charge in [0.05, 0.1) is 29.5 Å². The predicted molar refractivity (Wildman–Crippen MR) is 217 cm³/mol. The van der Waals surface area contributed by atoms with Gasteiger partial charge in [-0.25, -0.2) is 13.4 Å². The molecule has 2 aliphatic carbocycles. The second-order valence-electron chi connectivity index (χ2n) is 15.5. The number of pyridine rings is 1. The number of amides is 4. The number of aromatic nitrogens is 1. The summed E-state index contributed by atoms with van der Waals surface area (Å²) in [6, 6.07) is 2.88. The van der Waals surface area contributed by atoms with Crippen LogP contribution >= 0.6 is 11.6 Å². The highest BCUT2D eigenvalue weighted by Gasteiger charge is 2.52. The molecule has 3 fully saturated rings. The summed E-state index contributed by atoms with van der Waals surface area (Å²) in [5.74, 6) is -1.94. The van der Waals surface area contributed by atoms with Gasteiger partial charge in [0, 0.05) is 30.8 Å². The molecule has 3 aliphatic rings. The number of rotatable bonds is 21. The first-order valence-electron chi connectivity index (χ1n) is 19.5. The predicted octanol–water partition coefficient (Wildman–Crippen LogP) is 4.25. The number of hydrogen-bond acceptors (Lipinski definition) is 13. The molecule has 5 rings (SSSR count). The normalized spacial score (nSPS) is 21.6. The molecule has 2 aromatic rings. The van der Waals surface area contributed by atoms with E-state index in [1.54, 1.807) is 25.1 Å². The quantitative estimate of drug-likeness (QED) is 0.0603. The smallest absolute Gasteiger partial charge is 0.267 e. The molecule has 316 valence electrons. The maximum Gasteiger partial charge on any atom is 0.267 e. The fraction of sp³-hybridized carbons (Fsp3) is 0.590. The number of likely N-dealkylation sites (tertiary alicyclic amines) is 1. The van der Waals surface area contributed by atoms with Crippen LogP contribution in [0.15, 0.2) is 40.6 Å². The zero-order valence-electron chi connectivity index (χ0n) is 33.5. The van der Waals surface area contributed by atoms with Crippen LogP contribution in [0.25, 0.3) is 10.9 Å². The van der Waals surface area contributed by atoms with Crippen LogP contribution in [0.5, 0.6) is 17.4 Å². The number of nitrogens with zero attached hydrogens (tertiary/aromatic N) is 4. The highest BCUT2D eigenvalue weighted by atomic mass is 35.5. The molecule has 1 aromatic heterocycles. The Hall–Kier alpha value is -4.84. The van der Waals surface area contributed by atoms with Gasteiger partial charge < -0.3 is 30.2 Å². The van der Waals surface area contributed by atoms with Crippen molar-refractivity contribution in [1.82, 2.24) is 19.9 Å². The molecule has 1 saturated heterocycles. The van der Waals surface area contributed by atoms with E-state index in [0.29, 0.717) is 65.9 Å². The van der Waals surface area contributed by atoms with E-state index in [2.05, 4.69) is 25.3 Å². The molecule has 0 radical (unpaired) electrons. The lowest BCUT2D eigenvalue weighted by molar-refractivity contribution is -0.140. The third-order valence-electron chi connectivity index (χ3n) is 10.6. The minimum absolute atomic E-state index is 0.0116. The summed E-state index contributed by atoms with van der Waals surface area (Å²) in [5.41, 5.74) is 5.85. The summed E-state index contributed by atoms with van der Waals surface area (Å²) in [6.07, 6.45) is 7.66. The Labute approximate surface area is 343 Å². The van der Waals surface area contributed by atoms with Crippen LogP contribution < -0.4 is 30.0 Å². The Balaban J connectivity index is 1.22. The van der Waals surface area contributed by atoms with Gasteiger partial charge in [-0.05, 0) is 77.3 Å². The fourth-order valence-corrected chi connectivity index (χ4v) is 8.37. The van der Waals surface area contributed by atoms with Crippen molar-refractivity contribution in [2.24, 2.45) is 27.8 Å². The summed E-state index contributed by atoms with van der Waals surface area (Å²) >= 11 is 6.40. The maximum absolute atomic E-state index is 14.2. The Morgan fingerprint density at radius 2 is 1.91 bits per heavy atom. The average molecular weight is 845 g/mol. The van der Waals surface area contributed by atoms with Crippen molar-refractivity contribution in [3.63, 3.8) is 0 Å². The lowest BCUT2D eigenvalue weighted by Gasteiger charge is -2.27. The van der Waals surface area contributed by atoms with Gasteiger partial charge in [-0.2, -0.15) is 10.2 Å². The summed E-state index contributed by atoms with van der Waals surface area (Å²) in [4.78, 5) is 58.4. The molecule has 17 nitrogen and oxygen atoms in total. The van der Waals surface area contributed by atoms with E-state index in [1.165, 1.54) is 19.1 Å². The molecule has 4 amide bonds. The number of benzene rings is 1. The van der Waals surface area contributed by atoms with Gasteiger partial charge in [-0.1, -0.05) is 36.6 Å². The van der Waals surface area contributed by atoms with Crippen LogP contribution in [0.3, 0.4) is 0 Å². The van der Waals surface area contributed by atoms with Crippen molar-refractivity contribution in [1.29, 1.82) is 5.41 Å². The molecular formula is C39H53ClN8O9S. The van der Waals surface area contributed by atoms with Crippen LogP contribution in [0, 0.1) is 17.2 Å². The molecule has 1 aromatic carbocycles.